The normalized spacial score (nSPS) is 30.5. The van der Waals surface area contributed by atoms with Crippen molar-refractivity contribution in [2.24, 2.45) is 0 Å². The summed E-state index contributed by atoms with van der Waals surface area (Å²) in [6.07, 6.45) is 0.775. The zero-order valence-electron chi connectivity index (χ0n) is 9.74. The van der Waals surface area contributed by atoms with Gasteiger partial charge in [-0.15, -0.1) is 0 Å². The molecule has 1 fully saturated rings. The zero-order valence-corrected chi connectivity index (χ0v) is 9.74. The Labute approximate surface area is 89.9 Å². The Kier molecular flexibility index (Phi) is 3.38. The van der Waals surface area contributed by atoms with Crippen LogP contribution in [0.15, 0.2) is 0 Å². The second-order valence-electron chi connectivity index (χ2n) is 4.68. The number of ether oxygens (including phenoxy) is 1. The molecule has 1 aliphatic rings. The Morgan fingerprint density at radius 2 is 2.13 bits per heavy atom. The second-order valence-corrected chi connectivity index (χ2v) is 4.68. The van der Waals surface area contributed by atoms with E-state index in [-0.39, 0.29) is 17.9 Å². The van der Waals surface area contributed by atoms with Crippen molar-refractivity contribution in [1.82, 2.24) is 5.06 Å². The Morgan fingerprint density at radius 1 is 1.53 bits per heavy atom. The average Bonchev–Trinajstić information content (AvgIpc) is 2.29. The quantitative estimate of drug-likeness (QED) is 0.704. The summed E-state index contributed by atoms with van der Waals surface area (Å²) in [5.41, 5.74) is -0.266. The summed E-state index contributed by atoms with van der Waals surface area (Å²) in [5, 5.41) is 11.4. The molecule has 0 aromatic carbocycles. The molecule has 1 N–H and O–H groups in total. The lowest BCUT2D eigenvalue weighted by molar-refractivity contribution is -0.283. The molecule has 1 atom stereocenters. The van der Waals surface area contributed by atoms with Crippen molar-refractivity contribution in [3.63, 3.8) is 0 Å². The van der Waals surface area contributed by atoms with E-state index in [1.54, 1.807) is 12.0 Å². The molecule has 0 saturated carbocycles. The van der Waals surface area contributed by atoms with Gasteiger partial charge in [0.1, 0.15) is 0 Å². The highest BCUT2D eigenvalue weighted by atomic mass is 16.8. The molecule has 1 rings (SSSR count). The molecular formula is C10H19NO4. The summed E-state index contributed by atoms with van der Waals surface area (Å²) < 4.78 is 4.55. The molecule has 0 aliphatic carbocycles. The van der Waals surface area contributed by atoms with Crippen molar-refractivity contribution in [3.8, 4) is 0 Å². The number of esters is 1. The Morgan fingerprint density at radius 3 is 2.53 bits per heavy atom. The highest BCUT2D eigenvalue weighted by molar-refractivity contribution is 5.69. The van der Waals surface area contributed by atoms with Crippen LogP contribution in [0.4, 0.5) is 0 Å². The lowest BCUT2D eigenvalue weighted by Crippen LogP contribution is -2.38. The fourth-order valence-electron chi connectivity index (χ4n) is 1.93. The number of methoxy groups -OCH3 is 1. The molecule has 88 valence electrons. The zero-order chi connectivity index (χ0) is 11.7. The summed E-state index contributed by atoms with van der Waals surface area (Å²) in [7, 11) is 1.36. The molecule has 5 heteroatoms. The van der Waals surface area contributed by atoms with E-state index in [4.69, 9.17) is 4.84 Å². The van der Waals surface area contributed by atoms with E-state index in [0.29, 0.717) is 13.0 Å². The molecule has 0 spiro atoms. The first kappa shape index (κ1) is 12.4. The standard InChI is InChI=1S/C10H19NO4/c1-9(2)7-10(3,13)15-11(9)6-5-8(12)14-4/h13H,5-7H2,1-4H3. The van der Waals surface area contributed by atoms with Crippen LogP contribution in [0.5, 0.6) is 0 Å². The lowest BCUT2D eigenvalue weighted by Gasteiger charge is -2.27. The maximum absolute atomic E-state index is 11.0. The molecule has 1 saturated heterocycles. The monoisotopic (exact) mass is 217 g/mol. The number of nitrogens with zero attached hydrogens (tertiary/aromatic N) is 1. The third-order valence-electron chi connectivity index (χ3n) is 2.49. The average molecular weight is 217 g/mol. The number of carbonyl (C=O) groups excluding carboxylic acids is 1. The van der Waals surface area contributed by atoms with Gasteiger partial charge in [0.2, 0.25) is 0 Å². The van der Waals surface area contributed by atoms with Crippen LogP contribution in [-0.2, 0) is 14.4 Å². The van der Waals surface area contributed by atoms with Gasteiger partial charge in [0.25, 0.3) is 0 Å². The maximum atomic E-state index is 11.0. The smallest absolute Gasteiger partial charge is 0.306 e. The molecule has 1 aliphatic heterocycles. The van der Waals surface area contributed by atoms with Gasteiger partial charge < -0.3 is 9.84 Å². The molecular weight excluding hydrogens is 198 g/mol. The Bertz CT molecular complexity index is 250. The van der Waals surface area contributed by atoms with Gasteiger partial charge in [-0.25, -0.2) is 0 Å². The number of aliphatic hydroxyl groups is 1. The van der Waals surface area contributed by atoms with Crippen LogP contribution < -0.4 is 0 Å². The van der Waals surface area contributed by atoms with E-state index >= 15 is 0 Å². The van der Waals surface area contributed by atoms with E-state index < -0.39 is 5.79 Å². The summed E-state index contributed by atoms with van der Waals surface area (Å²) in [4.78, 5) is 16.3. The summed E-state index contributed by atoms with van der Waals surface area (Å²) in [6.45, 7) is 5.97. The molecule has 0 amide bonds. The fourth-order valence-corrected chi connectivity index (χ4v) is 1.93. The van der Waals surface area contributed by atoms with Crippen LogP contribution in [0.25, 0.3) is 0 Å². The molecule has 5 nitrogen and oxygen atoms in total. The summed E-state index contributed by atoms with van der Waals surface area (Å²) >= 11 is 0. The van der Waals surface area contributed by atoms with Gasteiger partial charge in [-0.05, 0) is 20.8 Å². The largest absolute Gasteiger partial charge is 0.469 e. The van der Waals surface area contributed by atoms with E-state index in [9.17, 15) is 9.90 Å². The number of carbonyl (C=O) groups is 1. The first-order valence-electron chi connectivity index (χ1n) is 5.03. The number of hydrogen-bond donors (Lipinski definition) is 1. The predicted molar refractivity (Wildman–Crippen MR) is 53.7 cm³/mol. The van der Waals surface area contributed by atoms with Gasteiger partial charge in [0.15, 0.2) is 5.79 Å². The van der Waals surface area contributed by atoms with Crippen LogP contribution in [0.2, 0.25) is 0 Å². The van der Waals surface area contributed by atoms with E-state index in [1.807, 2.05) is 13.8 Å². The van der Waals surface area contributed by atoms with Crippen LogP contribution in [0.1, 0.15) is 33.6 Å². The van der Waals surface area contributed by atoms with Crippen molar-refractivity contribution >= 4 is 5.97 Å². The van der Waals surface area contributed by atoms with Crippen molar-refractivity contribution < 1.29 is 19.5 Å². The van der Waals surface area contributed by atoms with Gasteiger partial charge in [0.05, 0.1) is 13.5 Å². The predicted octanol–water partition coefficient (Wildman–Crippen LogP) is 0.674. The van der Waals surface area contributed by atoms with Gasteiger partial charge in [-0.3, -0.25) is 9.63 Å². The maximum Gasteiger partial charge on any atom is 0.306 e. The first-order chi connectivity index (χ1) is 6.77. The molecule has 0 aromatic heterocycles. The van der Waals surface area contributed by atoms with Crippen molar-refractivity contribution in [2.45, 2.75) is 44.9 Å². The topological polar surface area (TPSA) is 59.0 Å². The van der Waals surface area contributed by atoms with E-state index in [2.05, 4.69) is 4.74 Å². The highest BCUT2D eigenvalue weighted by Crippen LogP contribution is 2.36. The van der Waals surface area contributed by atoms with Crippen molar-refractivity contribution in [3.05, 3.63) is 0 Å². The first-order valence-corrected chi connectivity index (χ1v) is 5.03. The van der Waals surface area contributed by atoms with Crippen LogP contribution in [0, 0.1) is 0 Å². The third kappa shape index (κ3) is 3.15. The highest BCUT2D eigenvalue weighted by Gasteiger charge is 2.46. The number of hydrogen-bond acceptors (Lipinski definition) is 5. The minimum atomic E-state index is -1.14. The second kappa shape index (κ2) is 4.08. The number of hydroxylamine groups is 2. The molecule has 1 unspecified atom stereocenters. The molecule has 0 radical (unpaired) electrons. The molecule has 0 bridgehead atoms. The van der Waals surface area contributed by atoms with Crippen molar-refractivity contribution in [2.75, 3.05) is 13.7 Å². The van der Waals surface area contributed by atoms with Gasteiger partial charge in [-0.2, -0.15) is 5.06 Å². The van der Waals surface area contributed by atoms with Crippen LogP contribution in [-0.4, -0.2) is 41.1 Å². The third-order valence-corrected chi connectivity index (χ3v) is 2.49. The summed E-state index contributed by atoms with van der Waals surface area (Å²) in [5.74, 6) is -1.42. The minimum Gasteiger partial charge on any atom is -0.469 e. The Hall–Kier alpha value is -0.650. The Balaban J connectivity index is 2.52. The lowest BCUT2D eigenvalue weighted by atomic mass is 9.97. The van der Waals surface area contributed by atoms with Gasteiger partial charge >= 0.3 is 5.97 Å². The van der Waals surface area contributed by atoms with Gasteiger partial charge in [0, 0.05) is 18.5 Å². The fraction of sp³-hybridized carbons (Fsp3) is 0.900. The summed E-state index contributed by atoms with van der Waals surface area (Å²) in [6, 6.07) is 0. The van der Waals surface area contributed by atoms with E-state index in [1.165, 1.54) is 7.11 Å². The van der Waals surface area contributed by atoms with Crippen LogP contribution >= 0.6 is 0 Å². The molecule has 15 heavy (non-hydrogen) atoms. The SMILES string of the molecule is COC(=O)CCN1OC(C)(O)CC1(C)C. The molecule has 1 heterocycles. The van der Waals surface area contributed by atoms with E-state index in [0.717, 1.165) is 0 Å². The van der Waals surface area contributed by atoms with Crippen molar-refractivity contribution in [1.29, 1.82) is 0 Å². The number of rotatable bonds is 3. The van der Waals surface area contributed by atoms with Gasteiger partial charge in [-0.1, -0.05) is 0 Å². The van der Waals surface area contributed by atoms with Crippen LogP contribution in [0.3, 0.4) is 0 Å². The molecule has 0 aromatic rings. The minimum absolute atomic E-state index is 0.260.